The second kappa shape index (κ2) is 5.64. The van der Waals surface area contributed by atoms with Gasteiger partial charge in [-0.25, -0.2) is 0 Å². The summed E-state index contributed by atoms with van der Waals surface area (Å²) in [7, 11) is 2.57. The van der Waals surface area contributed by atoms with Crippen molar-refractivity contribution < 1.29 is 27.8 Å². The minimum absolute atomic E-state index is 0.335. The maximum Gasteiger partial charge on any atom is 0.433 e. The number of aromatic nitrogens is 2. The first kappa shape index (κ1) is 15.8. The van der Waals surface area contributed by atoms with Gasteiger partial charge in [-0.1, -0.05) is 0 Å². The number of ether oxygens (including phenoxy) is 1. The number of alkyl halides is 3. The molecular formula is C12H16F3N3O3. The first-order valence-electron chi connectivity index (χ1n) is 6.37. The van der Waals surface area contributed by atoms with E-state index in [1.54, 1.807) is 0 Å². The molecule has 0 aromatic carbocycles. The first-order chi connectivity index (χ1) is 9.74. The van der Waals surface area contributed by atoms with E-state index >= 15 is 0 Å². The maximum absolute atomic E-state index is 12.6. The van der Waals surface area contributed by atoms with Crippen LogP contribution in [0, 0.1) is 0 Å². The highest BCUT2D eigenvalue weighted by molar-refractivity contribution is 5.92. The van der Waals surface area contributed by atoms with Crippen LogP contribution in [0.4, 0.5) is 13.2 Å². The molecule has 1 aliphatic rings. The molecule has 2 N–H and O–H groups in total. The number of carbonyl (C=O) groups is 1. The lowest BCUT2D eigenvalue weighted by Crippen LogP contribution is -2.43. The minimum Gasteiger partial charge on any atom is -0.388 e. The molecular weight excluding hydrogens is 291 g/mol. The third-order valence-corrected chi connectivity index (χ3v) is 3.58. The molecule has 1 amide bonds. The molecule has 1 aliphatic carbocycles. The van der Waals surface area contributed by atoms with Crippen molar-refractivity contribution in [1.82, 2.24) is 15.1 Å². The topological polar surface area (TPSA) is 76.4 Å². The Morgan fingerprint density at radius 3 is 2.67 bits per heavy atom. The molecule has 1 saturated carbocycles. The Balaban J connectivity index is 2.08. The van der Waals surface area contributed by atoms with Gasteiger partial charge >= 0.3 is 6.18 Å². The molecule has 6 nitrogen and oxygen atoms in total. The van der Waals surface area contributed by atoms with Crippen LogP contribution in [0.1, 0.15) is 29.0 Å². The molecule has 0 saturated heterocycles. The highest BCUT2D eigenvalue weighted by atomic mass is 19.4. The molecule has 21 heavy (non-hydrogen) atoms. The smallest absolute Gasteiger partial charge is 0.388 e. The highest BCUT2D eigenvalue weighted by Gasteiger charge is 2.38. The molecule has 2 rings (SSSR count). The van der Waals surface area contributed by atoms with Gasteiger partial charge in [0, 0.05) is 20.2 Å². The monoisotopic (exact) mass is 307 g/mol. The number of nitrogens with zero attached hydrogens (tertiary/aromatic N) is 2. The standard InChI is InChI=1S/C12H16F3N3O3/c1-18-9(12(13,14)15)5-7(17-18)11(20)16-6-3-4-8(21-2)10(6)19/h5-6,8,10,19H,3-4H2,1-2H3,(H,16,20)/t6-,8-,10-/m1/s1. The number of rotatable bonds is 3. The quantitative estimate of drug-likeness (QED) is 0.862. The summed E-state index contributed by atoms with van der Waals surface area (Å²) in [6, 6.07) is 0.128. The SMILES string of the molecule is CO[C@@H]1CC[C@@H](NC(=O)c2cc(C(F)(F)F)n(C)n2)[C@H]1O. The first-order valence-corrected chi connectivity index (χ1v) is 6.37. The fourth-order valence-corrected chi connectivity index (χ4v) is 2.45. The van der Waals surface area contributed by atoms with Gasteiger partial charge in [-0.3, -0.25) is 9.48 Å². The number of amides is 1. The lowest BCUT2D eigenvalue weighted by Gasteiger charge is -2.19. The van der Waals surface area contributed by atoms with Crippen LogP contribution >= 0.6 is 0 Å². The molecule has 0 unspecified atom stereocenters. The average molecular weight is 307 g/mol. The van der Waals surface area contributed by atoms with Crippen molar-refractivity contribution in [3.63, 3.8) is 0 Å². The van der Waals surface area contributed by atoms with Crippen LogP contribution in [0.2, 0.25) is 0 Å². The number of carbonyl (C=O) groups excluding carboxylic acids is 1. The molecule has 0 aliphatic heterocycles. The molecule has 1 fully saturated rings. The lowest BCUT2D eigenvalue weighted by molar-refractivity contribution is -0.143. The van der Waals surface area contributed by atoms with Crippen LogP contribution in [-0.2, 0) is 18.0 Å². The molecule has 1 aromatic heterocycles. The number of hydrogen-bond donors (Lipinski definition) is 2. The van der Waals surface area contributed by atoms with Crippen molar-refractivity contribution in [3.8, 4) is 0 Å². The minimum atomic E-state index is -4.58. The van der Waals surface area contributed by atoms with Gasteiger partial charge in [0.15, 0.2) is 5.69 Å². The number of aryl methyl sites for hydroxylation is 1. The normalized spacial score (nSPS) is 26.1. The highest BCUT2D eigenvalue weighted by Crippen LogP contribution is 2.29. The van der Waals surface area contributed by atoms with Crippen molar-refractivity contribution in [2.45, 2.75) is 37.3 Å². The summed E-state index contributed by atoms with van der Waals surface area (Å²) < 4.78 is 43.6. The fraction of sp³-hybridized carbons (Fsp3) is 0.667. The zero-order chi connectivity index (χ0) is 15.8. The Morgan fingerprint density at radius 2 is 2.19 bits per heavy atom. The summed E-state index contributed by atoms with van der Waals surface area (Å²) in [5.74, 6) is -0.748. The van der Waals surface area contributed by atoms with Crippen LogP contribution in [0.5, 0.6) is 0 Å². The van der Waals surface area contributed by atoms with E-state index in [0.29, 0.717) is 23.6 Å². The summed E-state index contributed by atoms with van der Waals surface area (Å²) in [6.45, 7) is 0. The lowest BCUT2D eigenvalue weighted by atomic mass is 10.2. The van der Waals surface area contributed by atoms with E-state index in [4.69, 9.17) is 4.74 Å². The van der Waals surface area contributed by atoms with Gasteiger partial charge in [-0.2, -0.15) is 18.3 Å². The third kappa shape index (κ3) is 3.18. The van der Waals surface area contributed by atoms with E-state index in [0.717, 1.165) is 7.05 Å². The molecule has 1 aromatic rings. The largest absolute Gasteiger partial charge is 0.433 e. The molecule has 1 heterocycles. The number of halogens is 3. The molecule has 0 radical (unpaired) electrons. The number of aliphatic hydroxyl groups excluding tert-OH is 1. The fourth-order valence-electron chi connectivity index (χ4n) is 2.45. The van der Waals surface area contributed by atoms with Crippen molar-refractivity contribution in [1.29, 1.82) is 0 Å². The van der Waals surface area contributed by atoms with Gasteiger partial charge in [0.2, 0.25) is 0 Å². The summed E-state index contributed by atoms with van der Waals surface area (Å²) in [6.07, 6.45) is -4.79. The number of methoxy groups -OCH3 is 1. The summed E-state index contributed by atoms with van der Waals surface area (Å²) >= 11 is 0. The predicted octanol–water partition coefficient (Wildman–Crippen LogP) is 0.707. The van der Waals surface area contributed by atoms with E-state index in [1.807, 2.05) is 0 Å². The number of nitrogens with one attached hydrogen (secondary N) is 1. The van der Waals surface area contributed by atoms with Gasteiger partial charge in [-0.05, 0) is 12.8 Å². The van der Waals surface area contributed by atoms with Crippen molar-refractivity contribution in [3.05, 3.63) is 17.5 Å². The molecule has 118 valence electrons. The molecule has 0 spiro atoms. The zero-order valence-electron chi connectivity index (χ0n) is 11.5. The molecule has 0 bridgehead atoms. The van der Waals surface area contributed by atoms with Gasteiger partial charge < -0.3 is 15.2 Å². The summed E-state index contributed by atoms with van der Waals surface area (Å²) in [5, 5.41) is 15.9. The van der Waals surface area contributed by atoms with E-state index in [2.05, 4.69) is 10.4 Å². The summed E-state index contributed by atoms with van der Waals surface area (Å²) in [4.78, 5) is 11.9. The molecule has 3 atom stereocenters. The van der Waals surface area contributed by atoms with E-state index in [9.17, 15) is 23.1 Å². The number of aliphatic hydroxyl groups is 1. The Hall–Kier alpha value is -1.61. The van der Waals surface area contributed by atoms with Crippen LogP contribution in [-0.4, -0.2) is 46.2 Å². The zero-order valence-corrected chi connectivity index (χ0v) is 11.5. The van der Waals surface area contributed by atoms with Crippen molar-refractivity contribution in [2.75, 3.05) is 7.11 Å². The maximum atomic E-state index is 12.6. The Morgan fingerprint density at radius 1 is 1.52 bits per heavy atom. The van der Waals surface area contributed by atoms with E-state index < -0.39 is 29.9 Å². The van der Waals surface area contributed by atoms with Gasteiger partial charge in [-0.15, -0.1) is 0 Å². The van der Waals surface area contributed by atoms with E-state index in [-0.39, 0.29) is 11.8 Å². The average Bonchev–Trinajstić information content (AvgIpc) is 2.93. The second-order valence-corrected chi connectivity index (χ2v) is 4.96. The van der Waals surface area contributed by atoms with Gasteiger partial charge in [0.25, 0.3) is 5.91 Å². The van der Waals surface area contributed by atoms with Crippen LogP contribution < -0.4 is 5.32 Å². The van der Waals surface area contributed by atoms with E-state index in [1.165, 1.54) is 7.11 Å². The third-order valence-electron chi connectivity index (χ3n) is 3.58. The van der Waals surface area contributed by atoms with Crippen molar-refractivity contribution >= 4 is 5.91 Å². The Kier molecular flexibility index (Phi) is 4.24. The van der Waals surface area contributed by atoms with Crippen LogP contribution in [0.15, 0.2) is 6.07 Å². The number of hydrogen-bond acceptors (Lipinski definition) is 4. The predicted molar refractivity (Wildman–Crippen MR) is 65.5 cm³/mol. The van der Waals surface area contributed by atoms with Crippen LogP contribution in [0.25, 0.3) is 0 Å². The van der Waals surface area contributed by atoms with Gasteiger partial charge in [0.05, 0.1) is 12.1 Å². The Labute approximate surface area is 118 Å². The van der Waals surface area contributed by atoms with Crippen LogP contribution in [0.3, 0.4) is 0 Å². The molecule has 9 heteroatoms. The Bertz CT molecular complexity index is 530. The van der Waals surface area contributed by atoms with Crippen molar-refractivity contribution in [2.24, 2.45) is 7.05 Å². The summed E-state index contributed by atoms with van der Waals surface area (Å²) in [5.41, 5.74) is -1.34. The second-order valence-electron chi connectivity index (χ2n) is 4.96. The van der Waals surface area contributed by atoms with Gasteiger partial charge in [0.1, 0.15) is 11.8 Å².